The van der Waals surface area contributed by atoms with Gasteiger partial charge in [0.1, 0.15) is 5.82 Å². The summed E-state index contributed by atoms with van der Waals surface area (Å²) in [7, 11) is 0. The van der Waals surface area contributed by atoms with Crippen molar-refractivity contribution in [2.75, 3.05) is 39.3 Å². The zero-order valence-corrected chi connectivity index (χ0v) is 12.6. The van der Waals surface area contributed by atoms with Crippen molar-refractivity contribution in [3.05, 3.63) is 34.1 Å². The molecule has 0 spiro atoms. The maximum absolute atomic E-state index is 13.8. The van der Waals surface area contributed by atoms with E-state index in [0.29, 0.717) is 6.54 Å². The van der Waals surface area contributed by atoms with Gasteiger partial charge in [0.15, 0.2) is 0 Å². The van der Waals surface area contributed by atoms with Gasteiger partial charge >= 0.3 is 0 Å². The fourth-order valence-corrected chi connectivity index (χ4v) is 2.77. The first-order valence-corrected chi connectivity index (χ1v) is 7.48. The second kappa shape index (κ2) is 7.33. The first-order chi connectivity index (χ1) is 9.19. The van der Waals surface area contributed by atoms with Crippen LogP contribution in [-0.2, 0) is 6.54 Å². The van der Waals surface area contributed by atoms with Crippen molar-refractivity contribution in [3.63, 3.8) is 0 Å². The highest BCUT2D eigenvalue weighted by atomic mass is 79.9. The predicted octanol–water partition coefficient (Wildman–Crippen LogP) is 2.09. The summed E-state index contributed by atoms with van der Waals surface area (Å²) in [5.41, 5.74) is 0.749. The van der Waals surface area contributed by atoms with Crippen LogP contribution in [0.15, 0.2) is 22.7 Å². The molecule has 106 valence electrons. The van der Waals surface area contributed by atoms with Crippen molar-refractivity contribution in [1.29, 1.82) is 0 Å². The van der Waals surface area contributed by atoms with Gasteiger partial charge in [-0.3, -0.25) is 9.80 Å². The van der Waals surface area contributed by atoms with Crippen LogP contribution >= 0.6 is 15.9 Å². The largest absolute Gasteiger partial charge is 0.395 e. The van der Waals surface area contributed by atoms with Crippen LogP contribution in [0.25, 0.3) is 0 Å². The van der Waals surface area contributed by atoms with Gasteiger partial charge < -0.3 is 5.11 Å². The van der Waals surface area contributed by atoms with E-state index in [1.165, 1.54) is 6.07 Å². The van der Waals surface area contributed by atoms with Crippen molar-refractivity contribution in [3.8, 4) is 0 Å². The predicted molar refractivity (Wildman–Crippen MR) is 77.5 cm³/mol. The molecular formula is C14H20BrFN2O. The monoisotopic (exact) mass is 330 g/mol. The molecule has 3 nitrogen and oxygen atoms in total. The number of hydrogen-bond donors (Lipinski definition) is 1. The van der Waals surface area contributed by atoms with E-state index in [4.69, 9.17) is 5.11 Å². The second-order valence-electron chi connectivity index (χ2n) is 4.93. The molecule has 1 N–H and O–H groups in total. The third kappa shape index (κ3) is 4.53. The Morgan fingerprint density at radius 3 is 2.63 bits per heavy atom. The quantitative estimate of drug-likeness (QED) is 0.915. The van der Waals surface area contributed by atoms with Gasteiger partial charge in [0.05, 0.1) is 6.61 Å². The molecule has 19 heavy (non-hydrogen) atoms. The average Bonchev–Trinajstić information content (AvgIpc) is 2.59. The van der Waals surface area contributed by atoms with Gasteiger partial charge in [0, 0.05) is 36.2 Å². The Bertz CT molecular complexity index is 416. The van der Waals surface area contributed by atoms with Crippen LogP contribution in [0.1, 0.15) is 12.0 Å². The van der Waals surface area contributed by atoms with Gasteiger partial charge in [0.25, 0.3) is 0 Å². The third-order valence-electron chi connectivity index (χ3n) is 3.51. The zero-order valence-electron chi connectivity index (χ0n) is 11.0. The van der Waals surface area contributed by atoms with E-state index in [-0.39, 0.29) is 12.4 Å². The summed E-state index contributed by atoms with van der Waals surface area (Å²) in [5, 5.41) is 8.96. The molecule has 2 rings (SSSR count). The summed E-state index contributed by atoms with van der Waals surface area (Å²) in [5.74, 6) is -0.147. The van der Waals surface area contributed by atoms with Crippen LogP contribution in [-0.4, -0.2) is 54.2 Å². The van der Waals surface area contributed by atoms with Crippen LogP contribution in [0, 0.1) is 5.82 Å². The van der Waals surface area contributed by atoms with Crippen LogP contribution in [0.4, 0.5) is 4.39 Å². The fourth-order valence-electron chi connectivity index (χ4n) is 2.44. The number of β-amino-alcohol motifs (C(OH)–C–C–N with tert-alkyl or cyclic N) is 1. The smallest absolute Gasteiger partial charge is 0.128 e. The molecule has 1 aromatic carbocycles. The fraction of sp³-hybridized carbons (Fsp3) is 0.571. The lowest BCUT2D eigenvalue weighted by Crippen LogP contribution is -2.32. The van der Waals surface area contributed by atoms with Crippen molar-refractivity contribution >= 4 is 15.9 Å². The molecule has 1 heterocycles. The Morgan fingerprint density at radius 1 is 1.16 bits per heavy atom. The van der Waals surface area contributed by atoms with Crippen LogP contribution in [0.5, 0.6) is 0 Å². The Morgan fingerprint density at radius 2 is 1.89 bits per heavy atom. The van der Waals surface area contributed by atoms with Gasteiger partial charge in [-0.25, -0.2) is 4.39 Å². The highest BCUT2D eigenvalue weighted by Gasteiger charge is 2.15. The van der Waals surface area contributed by atoms with E-state index in [0.717, 1.165) is 49.2 Å². The molecule has 1 aliphatic rings. The minimum Gasteiger partial charge on any atom is -0.395 e. The minimum absolute atomic E-state index is 0.147. The SMILES string of the molecule is OCCN1CCCN(Cc2ccc(Br)cc2F)CC1. The first-order valence-electron chi connectivity index (χ1n) is 6.68. The lowest BCUT2D eigenvalue weighted by molar-refractivity contribution is 0.195. The summed E-state index contributed by atoms with van der Waals surface area (Å²) in [6.07, 6.45) is 1.07. The van der Waals surface area contributed by atoms with Crippen molar-refractivity contribution < 1.29 is 9.50 Å². The summed E-state index contributed by atoms with van der Waals surface area (Å²) in [4.78, 5) is 4.54. The normalized spacial score (nSPS) is 18.5. The molecule has 1 aliphatic heterocycles. The van der Waals surface area contributed by atoms with E-state index in [2.05, 4.69) is 25.7 Å². The number of benzene rings is 1. The Kier molecular flexibility index (Phi) is 5.76. The molecule has 1 aromatic rings. The molecule has 0 unspecified atom stereocenters. The summed E-state index contributed by atoms with van der Waals surface area (Å²) in [6.45, 7) is 5.47. The van der Waals surface area contributed by atoms with Crippen molar-refractivity contribution in [2.45, 2.75) is 13.0 Å². The van der Waals surface area contributed by atoms with E-state index < -0.39 is 0 Å². The molecule has 0 aromatic heterocycles. The van der Waals surface area contributed by atoms with Gasteiger partial charge in [0.2, 0.25) is 0 Å². The Balaban J connectivity index is 1.92. The van der Waals surface area contributed by atoms with Crippen LogP contribution < -0.4 is 0 Å². The molecule has 0 amide bonds. The van der Waals surface area contributed by atoms with Gasteiger partial charge in [-0.05, 0) is 31.6 Å². The van der Waals surface area contributed by atoms with Crippen LogP contribution in [0.2, 0.25) is 0 Å². The van der Waals surface area contributed by atoms with Crippen LogP contribution in [0.3, 0.4) is 0 Å². The Hall–Kier alpha value is -0.490. The number of aliphatic hydroxyl groups is 1. The number of rotatable bonds is 4. The Labute approximate surface area is 122 Å². The topological polar surface area (TPSA) is 26.7 Å². The van der Waals surface area contributed by atoms with E-state index in [1.54, 1.807) is 0 Å². The molecule has 0 aliphatic carbocycles. The summed E-state index contributed by atoms with van der Waals surface area (Å²) >= 11 is 3.28. The molecule has 1 fully saturated rings. The van der Waals surface area contributed by atoms with Gasteiger partial charge in [-0.15, -0.1) is 0 Å². The lowest BCUT2D eigenvalue weighted by atomic mass is 10.2. The molecule has 0 atom stereocenters. The maximum Gasteiger partial charge on any atom is 0.128 e. The number of aliphatic hydroxyl groups excluding tert-OH is 1. The van der Waals surface area contributed by atoms with Gasteiger partial charge in [-0.2, -0.15) is 0 Å². The van der Waals surface area contributed by atoms with Gasteiger partial charge in [-0.1, -0.05) is 22.0 Å². The van der Waals surface area contributed by atoms with Crippen molar-refractivity contribution in [1.82, 2.24) is 9.80 Å². The van der Waals surface area contributed by atoms with E-state index >= 15 is 0 Å². The molecule has 0 radical (unpaired) electrons. The second-order valence-corrected chi connectivity index (χ2v) is 5.85. The molecule has 1 saturated heterocycles. The molecule has 5 heteroatoms. The molecule has 0 bridgehead atoms. The minimum atomic E-state index is -0.147. The summed E-state index contributed by atoms with van der Waals surface area (Å²) in [6, 6.07) is 5.25. The third-order valence-corrected chi connectivity index (χ3v) is 4.00. The number of nitrogens with zero attached hydrogens (tertiary/aromatic N) is 2. The molecular weight excluding hydrogens is 311 g/mol. The number of hydrogen-bond acceptors (Lipinski definition) is 3. The van der Waals surface area contributed by atoms with Crippen molar-refractivity contribution in [2.24, 2.45) is 0 Å². The maximum atomic E-state index is 13.8. The average molecular weight is 331 g/mol. The molecule has 0 saturated carbocycles. The first kappa shape index (κ1) is 14.9. The summed E-state index contributed by atoms with van der Waals surface area (Å²) < 4.78 is 14.6. The number of halogens is 2. The van der Waals surface area contributed by atoms with E-state index in [1.807, 2.05) is 12.1 Å². The van der Waals surface area contributed by atoms with E-state index in [9.17, 15) is 4.39 Å². The standard InChI is InChI=1S/C14H20BrFN2O/c15-13-3-2-12(14(16)10-13)11-18-5-1-4-17(6-7-18)8-9-19/h2-3,10,19H,1,4-9,11H2. The highest BCUT2D eigenvalue weighted by Crippen LogP contribution is 2.17. The lowest BCUT2D eigenvalue weighted by Gasteiger charge is -2.21. The highest BCUT2D eigenvalue weighted by molar-refractivity contribution is 9.10. The zero-order chi connectivity index (χ0) is 13.7.